The summed E-state index contributed by atoms with van der Waals surface area (Å²) in [5.41, 5.74) is 14.5. The third-order valence-electron chi connectivity index (χ3n) is 7.76. The van der Waals surface area contributed by atoms with Crippen LogP contribution in [0.4, 0.5) is 23.3 Å². The maximum Gasteiger partial charge on any atom is 0.231 e. The maximum atomic E-state index is 11.7. The number of fused-ring (bicyclic) bond motifs is 2. The van der Waals surface area contributed by atoms with E-state index in [0.29, 0.717) is 40.9 Å². The molecule has 0 aliphatic carbocycles. The summed E-state index contributed by atoms with van der Waals surface area (Å²) in [5.74, 6) is 4.16. The molecule has 0 radical (unpaired) electrons. The standard InChI is InChI=1S/C15H17N7O.C13H16N6O/c1-9-19-15(23-21-9)10-3-2-6-22(7-10)12-5-4-11-13(20-12)14(16)18-8-17-11;1-15-13(20)8-4-5-19(6-8)10-3-2-9-11(18-10)12(14)17-7-16-9/h4-5,8,10H,2-3,6-7H2,1H3,(H2,16,17,18);2-3,7-8H,4-6H2,1H3,(H,15,20)(H2,14,16,17). The second kappa shape index (κ2) is 12.0. The Balaban J connectivity index is 0.000000155. The van der Waals surface area contributed by atoms with Crippen molar-refractivity contribution in [2.24, 2.45) is 5.92 Å². The van der Waals surface area contributed by atoms with Crippen LogP contribution in [0.25, 0.3) is 22.1 Å². The van der Waals surface area contributed by atoms with Crippen LogP contribution in [0, 0.1) is 12.8 Å². The Kier molecular flexibility index (Phi) is 7.77. The summed E-state index contributed by atoms with van der Waals surface area (Å²) in [6.45, 7) is 5.06. The van der Waals surface area contributed by atoms with Crippen LogP contribution < -0.4 is 26.6 Å². The quantitative estimate of drug-likeness (QED) is 0.276. The molecule has 5 aromatic rings. The SMILES string of the molecule is CNC(=O)C1CCN(c2ccc3ncnc(N)c3n2)C1.Cc1noc(C2CCCN(c3ccc4ncnc(N)c4n3)C2)n1. The highest BCUT2D eigenvalue weighted by Crippen LogP contribution is 2.30. The number of carbonyl (C=O) groups is 1. The number of nitrogens with one attached hydrogen (secondary N) is 1. The van der Waals surface area contributed by atoms with Crippen LogP contribution in [-0.4, -0.2) is 79.2 Å². The van der Waals surface area contributed by atoms with Crippen molar-refractivity contribution >= 4 is 51.2 Å². The number of piperidine rings is 1. The summed E-state index contributed by atoms with van der Waals surface area (Å²) < 4.78 is 5.33. The van der Waals surface area contributed by atoms with Crippen molar-refractivity contribution in [1.82, 2.24) is 45.4 Å². The van der Waals surface area contributed by atoms with Gasteiger partial charge in [-0.2, -0.15) is 4.98 Å². The van der Waals surface area contributed by atoms with Crippen LogP contribution in [0.15, 0.2) is 41.4 Å². The van der Waals surface area contributed by atoms with Crippen molar-refractivity contribution in [2.75, 3.05) is 54.5 Å². The Morgan fingerprint density at radius 2 is 1.49 bits per heavy atom. The van der Waals surface area contributed by atoms with Gasteiger partial charge < -0.3 is 31.1 Å². The van der Waals surface area contributed by atoms with Crippen LogP contribution in [-0.2, 0) is 4.79 Å². The average molecular weight is 584 g/mol. The number of carbonyl (C=O) groups excluding carboxylic acids is 1. The van der Waals surface area contributed by atoms with E-state index in [1.807, 2.05) is 31.2 Å². The molecule has 2 fully saturated rings. The number of nitrogens with zero attached hydrogens (tertiary/aromatic N) is 10. The number of anilines is 4. The lowest BCUT2D eigenvalue weighted by Gasteiger charge is -2.32. The van der Waals surface area contributed by atoms with Crippen LogP contribution in [0.3, 0.4) is 0 Å². The van der Waals surface area contributed by atoms with Gasteiger partial charge in [0.05, 0.1) is 22.9 Å². The van der Waals surface area contributed by atoms with Gasteiger partial charge in [-0.3, -0.25) is 4.79 Å². The third-order valence-corrected chi connectivity index (χ3v) is 7.76. The first-order valence-corrected chi connectivity index (χ1v) is 14.2. The highest BCUT2D eigenvalue weighted by atomic mass is 16.5. The minimum atomic E-state index is 0.0156. The second-order valence-corrected chi connectivity index (χ2v) is 10.6. The molecule has 0 saturated carbocycles. The van der Waals surface area contributed by atoms with Crippen molar-refractivity contribution in [2.45, 2.75) is 32.1 Å². The van der Waals surface area contributed by atoms with E-state index < -0.39 is 0 Å². The summed E-state index contributed by atoms with van der Waals surface area (Å²) in [6, 6.07) is 7.68. The van der Waals surface area contributed by atoms with Gasteiger partial charge in [-0.15, -0.1) is 0 Å². The molecule has 222 valence electrons. The molecule has 0 spiro atoms. The number of nitrogen functional groups attached to an aromatic ring is 2. The molecule has 43 heavy (non-hydrogen) atoms. The maximum absolute atomic E-state index is 11.7. The molecular weight excluding hydrogens is 550 g/mol. The molecular formula is C28H33N13O2. The Morgan fingerprint density at radius 1 is 0.860 bits per heavy atom. The van der Waals surface area contributed by atoms with Gasteiger partial charge in [-0.1, -0.05) is 5.16 Å². The zero-order valence-corrected chi connectivity index (χ0v) is 24.0. The van der Waals surface area contributed by atoms with Crippen LogP contribution in [0.5, 0.6) is 0 Å². The van der Waals surface area contributed by atoms with Gasteiger partial charge in [-0.05, 0) is 50.5 Å². The summed E-state index contributed by atoms with van der Waals surface area (Å²) in [4.78, 5) is 45.8. The molecule has 5 aromatic heterocycles. The molecule has 7 heterocycles. The minimum Gasteiger partial charge on any atom is -0.382 e. The molecule has 15 heteroatoms. The van der Waals surface area contributed by atoms with Gasteiger partial charge >= 0.3 is 0 Å². The largest absolute Gasteiger partial charge is 0.382 e. The van der Waals surface area contributed by atoms with Crippen molar-refractivity contribution in [3.8, 4) is 0 Å². The number of pyridine rings is 2. The number of aryl methyl sites for hydroxylation is 1. The van der Waals surface area contributed by atoms with Gasteiger partial charge in [0.15, 0.2) is 17.5 Å². The fraction of sp³-hybridized carbons (Fsp3) is 0.393. The van der Waals surface area contributed by atoms with E-state index in [2.05, 4.69) is 55.2 Å². The summed E-state index contributed by atoms with van der Waals surface area (Å²) in [7, 11) is 1.66. The molecule has 5 N–H and O–H groups in total. The van der Waals surface area contributed by atoms with Gasteiger partial charge in [0, 0.05) is 33.2 Å². The van der Waals surface area contributed by atoms with Crippen molar-refractivity contribution < 1.29 is 9.32 Å². The summed E-state index contributed by atoms with van der Waals surface area (Å²) in [5, 5.41) is 6.58. The second-order valence-electron chi connectivity index (χ2n) is 10.6. The lowest BCUT2D eigenvalue weighted by molar-refractivity contribution is -0.123. The van der Waals surface area contributed by atoms with Crippen molar-refractivity contribution in [3.05, 3.63) is 48.6 Å². The van der Waals surface area contributed by atoms with Crippen LogP contribution >= 0.6 is 0 Å². The first kappa shape index (κ1) is 27.9. The van der Waals surface area contributed by atoms with E-state index in [4.69, 9.17) is 16.0 Å². The van der Waals surface area contributed by atoms with Crippen molar-refractivity contribution in [3.63, 3.8) is 0 Å². The normalized spacial score (nSPS) is 18.5. The van der Waals surface area contributed by atoms with Gasteiger partial charge in [0.2, 0.25) is 11.8 Å². The first-order chi connectivity index (χ1) is 20.9. The third kappa shape index (κ3) is 5.91. The predicted molar refractivity (Wildman–Crippen MR) is 161 cm³/mol. The van der Waals surface area contributed by atoms with Crippen LogP contribution in [0.2, 0.25) is 0 Å². The Hall–Kier alpha value is -5.21. The molecule has 0 aromatic carbocycles. The zero-order chi connectivity index (χ0) is 29.9. The van der Waals surface area contributed by atoms with Gasteiger partial charge in [0.25, 0.3) is 0 Å². The fourth-order valence-electron chi connectivity index (χ4n) is 5.50. The number of rotatable bonds is 4. The Labute approximate surface area is 247 Å². The molecule has 15 nitrogen and oxygen atoms in total. The van der Waals surface area contributed by atoms with E-state index in [-0.39, 0.29) is 17.7 Å². The number of hydrogen-bond donors (Lipinski definition) is 3. The highest BCUT2D eigenvalue weighted by Gasteiger charge is 2.29. The molecule has 2 saturated heterocycles. The van der Waals surface area contributed by atoms with Crippen LogP contribution in [0.1, 0.15) is 36.9 Å². The van der Waals surface area contributed by atoms with E-state index in [9.17, 15) is 4.79 Å². The number of hydrogen-bond acceptors (Lipinski definition) is 14. The van der Waals surface area contributed by atoms with E-state index in [1.165, 1.54) is 12.7 Å². The molecule has 2 aliphatic heterocycles. The Bertz CT molecular complexity index is 1760. The highest BCUT2D eigenvalue weighted by molar-refractivity contribution is 5.86. The summed E-state index contributed by atoms with van der Waals surface area (Å²) >= 11 is 0. The smallest absolute Gasteiger partial charge is 0.231 e. The van der Waals surface area contributed by atoms with Crippen molar-refractivity contribution in [1.29, 1.82) is 0 Å². The summed E-state index contributed by atoms with van der Waals surface area (Å²) in [6.07, 6.45) is 5.80. The molecule has 2 aliphatic rings. The van der Waals surface area contributed by atoms with E-state index in [1.54, 1.807) is 7.05 Å². The number of aromatic nitrogens is 8. The van der Waals surface area contributed by atoms with E-state index in [0.717, 1.165) is 61.6 Å². The minimum absolute atomic E-state index is 0.0156. The molecule has 2 unspecified atom stereocenters. The van der Waals surface area contributed by atoms with Gasteiger partial charge in [0.1, 0.15) is 35.3 Å². The monoisotopic (exact) mass is 583 g/mol. The topological polar surface area (TPSA) is 204 Å². The Morgan fingerprint density at radius 3 is 2.07 bits per heavy atom. The lowest BCUT2D eigenvalue weighted by Crippen LogP contribution is -2.35. The molecule has 1 amide bonds. The number of nitrogens with two attached hydrogens (primary N) is 2. The average Bonchev–Trinajstić information content (AvgIpc) is 3.71. The molecule has 7 rings (SSSR count). The lowest BCUT2D eigenvalue weighted by atomic mass is 9.98. The first-order valence-electron chi connectivity index (χ1n) is 14.2. The van der Waals surface area contributed by atoms with Gasteiger partial charge in [-0.25, -0.2) is 29.9 Å². The zero-order valence-electron chi connectivity index (χ0n) is 24.0. The molecule has 2 atom stereocenters. The fourth-order valence-corrected chi connectivity index (χ4v) is 5.50. The van der Waals surface area contributed by atoms with E-state index >= 15 is 0 Å². The molecule has 0 bridgehead atoms. The number of amides is 1. The predicted octanol–water partition coefficient (Wildman–Crippen LogP) is 1.86.